The maximum Gasteiger partial charge on any atom is 0.148 e. The molecule has 0 fully saturated rings. The van der Waals surface area contributed by atoms with E-state index in [0.717, 1.165) is 35.6 Å². The maximum atomic E-state index is 4.67. The molecule has 0 radical (unpaired) electrons. The largest absolute Gasteiger partial charge is 0.364 e. The zero-order chi connectivity index (χ0) is 17.1. The van der Waals surface area contributed by atoms with E-state index in [1.807, 2.05) is 43.7 Å². The van der Waals surface area contributed by atoms with Gasteiger partial charge in [-0.05, 0) is 30.2 Å². The van der Waals surface area contributed by atoms with Crippen molar-refractivity contribution in [1.82, 2.24) is 19.5 Å². The normalized spacial score (nSPS) is 10.9. The summed E-state index contributed by atoms with van der Waals surface area (Å²) in [4.78, 5) is 13.4. The maximum absolute atomic E-state index is 4.67. The highest BCUT2D eigenvalue weighted by Gasteiger charge is 2.04. The predicted molar refractivity (Wildman–Crippen MR) is 99.4 cm³/mol. The zero-order valence-corrected chi connectivity index (χ0v) is 14.1. The molecule has 1 N–H and O–H groups in total. The lowest BCUT2D eigenvalue weighted by molar-refractivity contribution is 0.797. The minimum absolute atomic E-state index is 0.721. The Morgan fingerprint density at radius 2 is 1.64 bits per heavy atom. The van der Waals surface area contributed by atoms with Gasteiger partial charge in [-0.3, -0.25) is 0 Å². The number of rotatable bonds is 5. The van der Waals surface area contributed by atoms with Gasteiger partial charge in [0.1, 0.15) is 5.82 Å². The third-order valence-corrected chi connectivity index (χ3v) is 4.15. The Morgan fingerprint density at radius 3 is 2.36 bits per heavy atom. The number of hydrogen-bond acceptors (Lipinski definition) is 4. The number of fused-ring (bicyclic) bond motifs is 1. The van der Waals surface area contributed by atoms with Crippen molar-refractivity contribution >= 4 is 16.9 Å². The number of hydrogen-bond donors (Lipinski definition) is 1. The number of nitrogens with one attached hydrogen (secondary N) is 1. The lowest BCUT2D eigenvalue weighted by Gasteiger charge is -2.10. The summed E-state index contributed by atoms with van der Waals surface area (Å²) in [5, 5.41) is 3.40. The molecule has 0 spiro atoms. The number of anilines is 1. The number of imidazole rings is 1. The van der Waals surface area contributed by atoms with E-state index >= 15 is 0 Å². The summed E-state index contributed by atoms with van der Waals surface area (Å²) in [6.07, 6.45) is 5.60. The van der Waals surface area contributed by atoms with Crippen LogP contribution in [0.2, 0.25) is 0 Å². The van der Waals surface area contributed by atoms with Crippen LogP contribution in [0.3, 0.4) is 0 Å². The fraction of sp³-hybridized carbons (Fsp3) is 0.150. The van der Waals surface area contributed by atoms with Crippen LogP contribution < -0.4 is 5.32 Å². The van der Waals surface area contributed by atoms with Crippen molar-refractivity contribution in [3.05, 3.63) is 84.1 Å². The molecular weight excluding hydrogens is 310 g/mol. The summed E-state index contributed by atoms with van der Waals surface area (Å²) in [6, 6.07) is 16.5. The molecule has 0 saturated heterocycles. The second-order valence-electron chi connectivity index (χ2n) is 6.05. The zero-order valence-electron chi connectivity index (χ0n) is 14.1. The van der Waals surface area contributed by atoms with E-state index in [1.54, 1.807) is 6.20 Å². The molecule has 0 aliphatic carbocycles. The predicted octanol–water partition coefficient (Wildman–Crippen LogP) is 3.80. The van der Waals surface area contributed by atoms with Crippen molar-refractivity contribution in [1.29, 1.82) is 0 Å². The molecule has 0 atom stereocenters. The molecule has 5 nitrogen and oxygen atoms in total. The summed E-state index contributed by atoms with van der Waals surface area (Å²) in [7, 11) is 0. The minimum atomic E-state index is 0.721. The molecule has 0 unspecified atom stereocenters. The Hall–Kier alpha value is -3.21. The van der Waals surface area contributed by atoms with Crippen molar-refractivity contribution in [2.75, 3.05) is 5.32 Å². The van der Waals surface area contributed by atoms with E-state index in [1.165, 1.54) is 11.1 Å². The van der Waals surface area contributed by atoms with Gasteiger partial charge in [0.15, 0.2) is 0 Å². The second kappa shape index (κ2) is 6.73. The molecule has 0 aliphatic heterocycles. The molecule has 124 valence electrons. The van der Waals surface area contributed by atoms with Crippen molar-refractivity contribution in [3.8, 4) is 0 Å². The molecule has 0 saturated carbocycles. The minimum Gasteiger partial charge on any atom is -0.364 e. The Labute approximate surface area is 146 Å². The van der Waals surface area contributed by atoms with Gasteiger partial charge in [0.2, 0.25) is 0 Å². The summed E-state index contributed by atoms with van der Waals surface area (Å²) >= 11 is 0. The van der Waals surface area contributed by atoms with Crippen molar-refractivity contribution in [2.24, 2.45) is 0 Å². The number of nitrogens with zero attached hydrogens (tertiary/aromatic N) is 4. The van der Waals surface area contributed by atoms with Crippen LogP contribution in [-0.2, 0) is 13.1 Å². The van der Waals surface area contributed by atoms with Crippen LogP contribution in [0.5, 0.6) is 0 Å². The third kappa shape index (κ3) is 3.50. The van der Waals surface area contributed by atoms with Gasteiger partial charge in [-0.1, -0.05) is 36.4 Å². The molecule has 0 bridgehead atoms. The topological polar surface area (TPSA) is 55.6 Å². The molecule has 0 amide bonds. The van der Waals surface area contributed by atoms with Gasteiger partial charge in [0, 0.05) is 25.5 Å². The average Bonchev–Trinajstić information content (AvgIpc) is 3.14. The van der Waals surface area contributed by atoms with Gasteiger partial charge in [-0.15, -0.1) is 0 Å². The van der Waals surface area contributed by atoms with Crippen LogP contribution in [0.4, 0.5) is 5.82 Å². The van der Waals surface area contributed by atoms with E-state index in [0.29, 0.717) is 0 Å². The lowest BCUT2D eigenvalue weighted by Crippen LogP contribution is -2.05. The SMILES string of the molecule is Cc1nc2ccccc2nc1NCc1ccc(Cn2ccnc2)cc1. The third-order valence-electron chi connectivity index (χ3n) is 4.15. The quantitative estimate of drug-likeness (QED) is 0.605. The van der Waals surface area contributed by atoms with E-state index in [2.05, 4.69) is 49.1 Å². The second-order valence-corrected chi connectivity index (χ2v) is 6.05. The van der Waals surface area contributed by atoms with Crippen LogP contribution in [0.15, 0.2) is 67.3 Å². The average molecular weight is 329 g/mol. The fourth-order valence-corrected chi connectivity index (χ4v) is 2.80. The first-order valence-electron chi connectivity index (χ1n) is 8.29. The van der Waals surface area contributed by atoms with Crippen LogP contribution in [0.25, 0.3) is 11.0 Å². The molecule has 4 aromatic rings. The van der Waals surface area contributed by atoms with Crippen molar-refractivity contribution in [2.45, 2.75) is 20.0 Å². The van der Waals surface area contributed by atoms with Gasteiger partial charge in [0.25, 0.3) is 0 Å². The lowest BCUT2D eigenvalue weighted by atomic mass is 10.1. The summed E-state index contributed by atoms with van der Waals surface area (Å²) in [5.74, 6) is 0.834. The first-order chi connectivity index (χ1) is 12.3. The first kappa shape index (κ1) is 15.3. The van der Waals surface area contributed by atoms with E-state index in [-0.39, 0.29) is 0 Å². The standard InChI is InChI=1S/C20H19N5/c1-15-20(24-19-5-3-2-4-18(19)23-15)22-12-16-6-8-17(9-7-16)13-25-11-10-21-14-25/h2-11,14H,12-13H2,1H3,(H,22,24). The number of aromatic nitrogens is 4. The van der Waals surface area contributed by atoms with Gasteiger partial charge in [-0.2, -0.15) is 0 Å². The van der Waals surface area contributed by atoms with E-state index in [4.69, 9.17) is 0 Å². The smallest absolute Gasteiger partial charge is 0.148 e. The summed E-state index contributed by atoms with van der Waals surface area (Å²) < 4.78 is 2.06. The van der Waals surface area contributed by atoms with E-state index < -0.39 is 0 Å². The van der Waals surface area contributed by atoms with Crippen LogP contribution in [-0.4, -0.2) is 19.5 Å². The number of aryl methyl sites for hydroxylation is 1. The Kier molecular flexibility index (Phi) is 4.12. The summed E-state index contributed by atoms with van der Waals surface area (Å²) in [5.41, 5.74) is 5.21. The van der Waals surface area contributed by atoms with Gasteiger partial charge in [-0.25, -0.2) is 15.0 Å². The van der Waals surface area contributed by atoms with Crippen LogP contribution >= 0.6 is 0 Å². The molecule has 2 aromatic carbocycles. The van der Waals surface area contributed by atoms with Gasteiger partial charge < -0.3 is 9.88 Å². The van der Waals surface area contributed by atoms with Crippen LogP contribution in [0.1, 0.15) is 16.8 Å². The van der Waals surface area contributed by atoms with Crippen molar-refractivity contribution in [3.63, 3.8) is 0 Å². The highest BCUT2D eigenvalue weighted by molar-refractivity contribution is 5.76. The number of benzene rings is 2. The van der Waals surface area contributed by atoms with Crippen molar-refractivity contribution < 1.29 is 0 Å². The highest BCUT2D eigenvalue weighted by atomic mass is 15.0. The fourth-order valence-electron chi connectivity index (χ4n) is 2.80. The monoisotopic (exact) mass is 329 g/mol. The van der Waals surface area contributed by atoms with Crippen LogP contribution in [0, 0.1) is 6.92 Å². The molecule has 2 aromatic heterocycles. The van der Waals surface area contributed by atoms with Gasteiger partial charge in [0.05, 0.1) is 23.1 Å². The first-order valence-corrected chi connectivity index (χ1v) is 8.29. The molecule has 25 heavy (non-hydrogen) atoms. The van der Waals surface area contributed by atoms with E-state index in [9.17, 15) is 0 Å². The Bertz CT molecular complexity index is 975. The molecule has 2 heterocycles. The summed E-state index contributed by atoms with van der Waals surface area (Å²) in [6.45, 7) is 3.54. The molecular formula is C20H19N5. The molecule has 4 rings (SSSR count). The Balaban J connectivity index is 1.45. The number of para-hydroxylation sites is 2. The molecule has 5 heteroatoms. The Morgan fingerprint density at radius 1 is 0.920 bits per heavy atom. The van der Waals surface area contributed by atoms with Gasteiger partial charge >= 0.3 is 0 Å². The molecule has 0 aliphatic rings. The highest BCUT2D eigenvalue weighted by Crippen LogP contribution is 2.17.